The number of methoxy groups -OCH3 is 2. The predicted octanol–water partition coefficient (Wildman–Crippen LogP) is 1.89. The molecule has 2 aliphatic rings. The third-order valence-corrected chi connectivity index (χ3v) is 4.38. The van der Waals surface area contributed by atoms with Crippen molar-refractivity contribution in [2.24, 2.45) is 5.92 Å². The zero-order chi connectivity index (χ0) is 15.1. The molecule has 1 aliphatic heterocycles. The van der Waals surface area contributed by atoms with Crippen molar-refractivity contribution in [3.8, 4) is 0 Å². The summed E-state index contributed by atoms with van der Waals surface area (Å²) < 4.78 is 17.6. The topological polar surface area (TPSA) is 70.7 Å². The molecule has 0 radical (unpaired) electrons. The van der Waals surface area contributed by atoms with Gasteiger partial charge in [-0.25, -0.2) is 4.79 Å². The standard InChI is InChI=1S/C15H19NO5/c1-8-7-9-5-4-6-16-10(9)12(21-15(16)18)14(20-3)13(19-2)11(8)17/h8-9H,4-7H2,1-3H3/b14-13-/t8-,9-/m1/s1. The van der Waals surface area contributed by atoms with Gasteiger partial charge in [-0.2, -0.15) is 0 Å². The highest BCUT2D eigenvalue weighted by atomic mass is 16.5. The molecule has 0 saturated carbocycles. The normalized spacial score (nSPS) is 28.6. The van der Waals surface area contributed by atoms with Gasteiger partial charge >= 0.3 is 5.76 Å². The van der Waals surface area contributed by atoms with Crippen LogP contribution in [-0.4, -0.2) is 24.6 Å². The Morgan fingerprint density at radius 3 is 2.57 bits per heavy atom. The highest BCUT2D eigenvalue weighted by Gasteiger charge is 2.38. The maximum atomic E-state index is 12.5. The van der Waals surface area contributed by atoms with Crippen molar-refractivity contribution >= 4 is 11.5 Å². The largest absolute Gasteiger partial charge is 0.490 e. The molecule has 0 spiro atoms. The van der Waals surface area contributed by atoms with E-state index in [1.54, 1.807) is 4.57 Å². The molecule has 1 aromatic rings. The van der Waals surface area contributed by atoms with Crippen LogP contribution in [-0.2, 0) is 20.8 Å². The molecule has 6 nitrogen and oxygen atoms in total. The summed E-state index contributed by atoms with van der Waals surface area (Å²) in [6, 6.07) is 0. The average Bonchev–Trinajstić information content (AvgIpc) is 2.81. The maximum Gasteiger partial charge on any atom is 0.419 e. The Hall–Kier alpha value is -1.98. The Kier molecular flexibility index (Phi) is 3.39. The second kappa shape index (κ2) is 5.09. The number of rotatable bonds is 2. The SMILES string of the molecule is CO/C1=C(\OC)c2oc(=O)n3c2[C@H](CCC3)C[C@@H](C)C1=O. The summed E-state index contributed by atoms with van der Waals surface area (Å²) in [7, 11) is 2.88. The third kappa shape index (κ3) is 2.01. The fourth-order valence-electron chi connectivity index (χ4n) is 3.41. The van der Waals surface area contributed by atoms with E-state index in [-0.39, 0.29) is 29.1 Å². The average molecular weight is 293 g/mol. The second-order valence-corrected chi connectivity index (χ2v) is 5.64. The molecule has 2 atom stereocenters. The van der Waals surface area contributed by atoms with Crippen LogP contribution in [0.5, 0.6) is 0 Å². The molecule has 114 valence electrons. The van der Waals surface area contributed by atoms with Gasteiger partial charge in [-0.1, -0.05) is 6.92 Å². The number of hydrogen-bond donors (Lipinski definition) is 0. The molecular formula is C15H19NO5. The molecule has 0 aromatic carbocycles. The third-order valence-electron chi connectivity index (χ3n) is 4.38. The number of oxazole rings is 1. The van der Waals surface area contributed by atoms with E-state index in [0.29, 0.717) is 18.7 Å². The molecule has 3 rings (SSSR count). The van der Waals surface area contributed by atoms with Crippen LogP contribution in [0.1, 0.15) is 43.6 Å². The first kappa shape index (κ1) is 14.0. The highest BCUT2D eigenvalue weighted by Crippen LogP contribution is 2.40. The number of carbonyl (C=O) groups excluding carboxylic acids is 1. The van der Waals surface area contributed by atoms with Crippen molar-refractivity contribution in [2.75, 3.05) is 14.2 Å². The zero-order valence-electron chi connectivity index (χ0n) is 12.5. The van der Waals surface area contributed by atoms with Crippen molar-refractivity contribution in [2.45, 2.75) is 38.6 Å². The quantitative estimate of drug-likeness (QED) is 0.832. The number of hydrogen-bond acceptors (Lipinski definition) is 5. The van der Waals surface area contributed by atoms with Gasteiger partial charge in [0.05, 0.1) is 19.9 Å². The Morgan fingerprint density at radius 2 is 1.90 bits per heavy atom. The Labute approximate surface area is 122 Å². The molecule has 0 amide bonds. The van der Waals surface area contributed by atoms with Gasteiger partial charge in [-0.3, -0.25) is 9.36 Å². The molecule has 0 N–H and O–H groups in total. The van der Waals surface area contributed by atoms with Crippen molar-refractivity contribution in [1.29, 1.82) is 0 Å². The summed E-state index contributed by atoms with van der Waals surface area (Å²) >= 11 is 0. The monoisotopic (exact) mass is 293 g/mol. The minimum atomic E-state index is -0.392. The van der Waals surface area contributed by atoms with E-state index in [2.05, 4.69) is 0 Å². The summed E-state index contributed by atoms with van der Waals surface area (Å²) in [5, 5.41) is 0. The van der Waals surface area contributed by atoms with Crippen molar-refractivity contribution in [3.63, 3.8) is 0 Å². The fraction of sp³-hybridized carbons (Fsp3) is 0.600. The Morgan fingerprint density at radius 1 is 1.19 bits per heavy atom. The number of aromatic nitrogens is 1. The minimum Gasteiger partial charge on any atom is -0.490 e. The number of Topliss-reactive ketones (excluding diaryl/α,β-unsaturated/α-hetero) is 1. The van der Waals surface area contributed by atoms with Crippen LogP contribution >= 0.6 is 0 Å². The van der Waals surface area contributed by atoms with Crippen LogP contribution < -0.4 is 5.76 Å². The molecular weight excluding hydrogens is 274 g/mol. The van der Waals surface area contributed by atoms with Crippen LogP contribution in [0.2, 0.25) is 0 Å². The predicted molar refractivity (Wildman–Crippen MR) is 74.7 cm³/mol. The van der Waals surface area contributed by atoms with E-state index in [4.69, 9.17) is 13.9 Å². The van der Waals surface area contributed by atoms with E-state index in [1.807, 2.05) is 6.92 Å². The van der Waals surface area contributed by atoms with Crippen LogP contribution in [0.3, 0.4) is 0 Å². The summed E-state index contributed by atoms with van der Waals surface area (Å²) in [6.07, 6.45) is 2.55. The first-order valence-electron chi connectivity index (χ1n) is 7.18. The van der Waals surface area contributed by atoms with Gasteiger partial charge < -0.3 is 13.9 Å². The maximum absolute atomic E-state index is 12.5. The number of ketones is 1. The first-order valence-corrected chi connectivity index (χ1v) is 7.18. The summed E-state index contributed by atoms with van der Waals surface area (Å²) in [4.78, 5) is 24.5. The first-order chi connectivity index (χ1) is 10.1. The van der Waals surface area contributed by atoms with Crippen LogP contribution in [0.25, 0.3) is 5.76 Å². The lowest BCUT2D eigenvalue weighted by molar-refractivity contribution is -0.122. The molecule has 1 aliphatic carbocycles. The molecule has 1 aromatic heterocycles. The molecule has 0 fully saturated rings. The van der Waals surface area contributed by atoms with E-state index in [0.717, 1.165) is 18.5 Å². The number of nitrogens with zero attached hydrogens (tertiary/aromatic N) is 1. The minimum absolute atomic E-state index is 0.110. The van der Waals surface area contributed by atoms with Gasteiger partial charge in [0.15, 0.2) is 5.76 Å². The summed E-state index contributed by atoms with van der Waals surface area (Å²) in [5.74, 6) is 0.169. The van der Waals surface area contributed by atoms with Crippen molar-refractivity contribution in [3.05, 3.63) is 27.8 Å². The lowest BCUT2D eigenvalue weighted by atomic mass is 9.82. The molecule has 0 saturated heterocycles. The molecule has 6 heteroatoms. The molecule has 0 unspecified atom stereocenters. The van der Waals surface area contributed by atoms with Crippen LogP contribution in [0.4, 0.5) is 0 Å². The zero-order valence-corrected chi connectivity index (χ0v) is 12.5. The van der Waals surface area contributed by atoms with Gasteiger partial charge in [-0.05, 0) is 19.3 Å². The number of ether oxygens (including phenoxy) is 2. The van der Waals surface area contributed by atoms with E-state index in [1.165, 1.54) is 14.2 Å². The highest BCUT2D eigenvalue weighted by molar-refractivity contribution is 6.01. The van der Waals surface area contributed by atoms with E-state index >= 15 is 0 Å². The second-order valence-electron chi connectivity index (χ2n) is 5.64. The lowest BCUT2D eigenvalue weighted by Crippen LogP contribution is -2.28. The summed E-state index contributed by atoms with van der Waals surface area (Å²) in [6.45, 7) is 2.53. The Bertz CT molecular complexity index is 666. The molecule has 0 bridgehead atoms. The molecule has 21 heavy (non-hydrogen) atoms. The van der Waals surface area contributed by atoms with Gasteiger partial charge in [-0.15, -0.1) is 0 Å². The van der Waals surface area contributed by atoms with Crippen LogP contribution in [0.15, 0.2) is 15.0 Å². The lowest BCUT2D eigenvalue weighted by Gasteiger charge is -2.28. The van der Waals surface area contributed by atoms with E-state index < -0.39 is 5.76 Å². The van der Waals surface area contributed by atoms with Gasteiger partial charge in [0, 0.05) is 18.4 Å². The van der Waals surface area contributed by atoms with Crippen molar-refractivity contribution < 1.29 is 18.7 Å². The van der Waals surface area contributed by atoms with Gasteiger partial charge in [0.2, 0.25) is 17.3 Å². The van der Waals surface area contributed by atoms with Gasteiger partial charge in [0.1, 0.15) is 0 Å². The summed E-state index contributed by atoms with van der Waals surface area (Å²) in [5.41, 5.74) is 0.844. The number of allylic oxidation sites excluding steroid dienone is 1. The van der Waals surface area contributed by atoms with Crippen molar-refractivity contribution in [1.82, 2.24) is 4.57 Å². The number of carbonyl (C=O) groups is 1. The smallest absolute Gasteiger partial charge is 0.419 e. The fourth-order valence-corrected chi connectivity index (χ4v) is 3.41. The Balaban J connectivity index is 2.31. The van der Waals surface area contributed by atoms with Gasteiger partial charge in [0.25, 0.3) is 0 Å². The molecule has 2 heterocycles. The van der Waals surface area contributed by atoms with Crippen LogP contribution in [0, 0.1) is 5.92 Å². The van der Waals surface area contributed by atoms with E-state index in [9.17, 15) is 9.59 Å².